The molecule has 2 aliphatic rings. The highest BCUT2D eigenvalue weighted by molar-refractivity contribution is 6.03. The maximum Gasteiger partial charge on any atom is 0.247 e. The van der Waals surface area contributed by atoms with Crippen molar-refractivity contribution >= 4 is 11.8 Å². The number of hydrogen-bond donors (Lipinski definition) is 2. The Morgan fingerprint density at radius 3 is 3.00 bits per heavy atom. The molecule has 0 aromatic heterocycles. The smallest absolute Gasteiger partial charge is 0.247 e. The van der Waals surface area contributed by atoms with Crippen LogP contribution >= 0.6 is 0 Å². The predicted molar refractivity (Wildman–Crippen MR) is 42.2 cm³/mol. The molecule has 2 rings (SSSR count). The van der Waals surface area contributed by atoms with Gasteiger partial charge in [0.25, 0.3) is 0 Å². The van der Waals surface area contributed by atoms with E-state index >= 15 is 0 Å². The second kappa shape index (κ2) is 2.62. The van der Waals surface area contributed by atoms with Gasteiger partial charge in [0.15, 0.2) is 0 Å². The van der Waals surface area contributed by atoms with Crippen LogP contribution in [-0.4, -0.2) is 24.9 Å². The highest BCUT2D eigenvalue weighted by Crippen LogP contribution is 2.20. The number of carbonyl (C=O) groups is 2. The predicted octanol–water partition coefficient (Wildman–Crippen LogP) is -0.821. The van der Waals surface area contributed by atoms with Gasteiger partial charge in [-0.3, -0.25) is 9.59 Å². The van der Waals surface area contributed by atoms with E-state index in [1.54, 1.807) is 0 Å². The molecule has 4 nitrogen and oxygen atoms in total. The molecule has 0 bridgehead atoms. The Balaban J connectivity index is 2.29. The maximum atomic E-state index is 11.2. The van der Waals surface area contributed by atoms with E-state index in [1.165, 1.54) is 6.08 Å². The first-order valence-corrected chi connectivity index (χ1v) is 4.05. The Bertz CT molecular complexity index is 270. The van der Waals surface area contributed by atoms with Crippen LogP contribution < -0.4 is 10.6 Å². The van der Waals surface area contributed by atoms with Crippen LogP contribution in [0.15, 0.2) is 11.6 Å². The minimum Gasteiger partial charge on any atom is -0.352 e. The fraction of sp³-hybridized carbons (Fsp3) is 0.500. The molecular weight excluding hydrogens is 156 g/mol. The van der Waals surface area contributed by atoms with Crippen LogP contribution in [0, 0.1) is 5.92 Å². The molecule has 0 aliphatic carbocycles. The Morgan fingerprint density at radius 1 is 1.33 bits per heavy atom. The van der Waals surface area contributed by atoms with Crippen molar-refractivity contribution in [2.24, 2.45) is 5.92 Å². The standard InChI is InChI=1S/C8H10N2O2/c11-7-3-6-5(4-10-7)1-2-9-8(6)12/h3,5H,1-2,4H2,(H,9,12)(H,10,11). The van der Waals surface area contributed by atoms with Crippen molar-refractivity contribution in [3.05, 3.63) is 11.6 Å². The van der Waals surface area contributed by atoms with Gasteiger partial charge < -0.3 is 10.6 Å². The Kier molecular flexibility index (Phi) is 1.60. The topological polar surface area (TPSA) is 58.2 Å². The van der Waals surface area contributed by atoms with Crippen LogP contribution in [0.5, 0.6) is 0 Å². The van der Waals surface area contributed by atoms with Gasteiger partial charge in [-0.05, 0) is 6.42 Å². The van der Waals surface area contributed by atoms with Gasteiger partial charge in [-0.2, -0.15) is 0 Å². The lowest BCUT2D eigenvalue weighted by molar-refractivity contribution is -0.122. The van der Waals surface area contributed by atoms with E-state index in [4.69, 9.17) is 0 Å². The summed E-state index contributed by atoms with van der Waals surface area (Å²) >= 11 is 0. The molecule has 2 heterocycles. The van der Waals surface area contributed by atoms with E-state index < -0.39 is 0 Å². The van der Waals surface area contributed by atoms with Crippen molar-refractivity contribution in [3.63, 3.8) is 0 Å². The summed E-state index contributed by atoms with van der Waals surface area (Å²) < 4.78 is 0. The molecule has 0 aromatic rings. The third-order valence-corrected chi connectivity index (χ3v) is 2.29. The molecule has 0 aromatic carbocycles. The summed E-state index contributed by atoms with van der Waals surface area (Å²) in [6.07, 6.45) is 2.33. The Hall–Kier alpha value is -1.32. The molecule has 0 spiro atoms. The molecule has 1 saturated heterocycles. The minimum atomic E-state index is -0.154. The summed E-state index contributed by atoms with van der Waals surface area (Å²) in [6.45, 7) is 1.33. The number of hydrogen-bond acceptors (Lipinski definition) is 2. The van der Waals surface area contributed by atoms with Crippen molar-refractivity contribution in [1.29, 1.82) is 0 Å². The van der Waals surface area contributed by atoms with Crippen molar-refractivity contribution in [2.75, 3.05) is 13.1 Å². The zero-order valence-electron chi connectivity index (χ0n) is 6.59. The van der Waals surface area contributed by atoms with Crippen LogP contribution in [0.1, 0.15) is 6.42 Å². The molecule has 0 saturated carbocycles. The summed E-state index contributed by atoms with van der Waals surface area (Å²) in [5.41, 5.74) is 0.644. The van der Waals surface area contributed by atoms with Crippen molar-refractivity contribution in [3.8, 4) is 0 Å². The van der Waals surface area contributed by atoms with E-state index in [1.807, 2.05) is 0 Å². The summed E-state index contributed by atoms with van der Waals surface area (Å²) in [4.78, 5) is 22.1. The monoisotopic (exact) mass is 166 g/mol. The second-order valence-electron chi connectivity index (χ2n) is 3.09. The van der Waals surface area contributed by atoms with Crippen molar-refractivity contribution in [1.82, 2.24) is 10.6 Å². The number of carbonyl (C=O) groups excluding carboxylic acids is 2. The van der Waals surface area contributed by atoms with Crippen LogP contribution in [-0.2, 0) is 9.59 Å². The van der Waals surface area contributed by atoms with Gasteiger partial charge in [-0.1, -0.05) is 0 Å². The van der Waals surface area contributed by atoms with Gasteiger partial charge in [0.05, 0.1) is 0 Å². The fourth-order valence-corrected chi connectivity index (χ4v) is 1.61. The zero-order chi connectivity index (χ0) is 8.55. The third kappa shape index (κ3) is 1.09. The quantitative estimate of drug-likeness (QED) is 0.494. The second-order valence-corrected chi connectivity index (χ2v) is 3.09. The summed E-state index contributed by atoms with van der Waals surface area (Å²) in [6, 6.07) is 0. The summed E-state index contributed by atoms with van der Waals surface area (Å²) in [5, 5.41) is 5.42. The Labute approximate surface area is 70.0 Å². The van der Waals surface area contributed by atoms with Crippen LogP contribution in [0.3, 0.4) is 0 Å². The van der Waals surface area contributed by atoms with E-state index in [9.17, 15) is 9.59 Å². The van der Waals surface area contributed by atoms with Gasteiger partial charge >= 0.3 is 0 Å². The van der Waals surface area contributed by atoms with Gasteiger partial charge in [0, 0.05) is 30.7 Å². The minimum absolute atomic E-state index is 0.0823. The van der Waals surface area contributed by atoms with Crippen molar-refractivity contribution < 1.29 is 9.59 Å². The van der Waals surface area contributed by atoms with Crippen LogP contribution in [0.2, 0.25) is 0 Å². The number of rotatable bonds is 0. The van der Waals surface area contributed by atoms with Crippen molar-refractivity contribution in [2.45, 2.75) is 6.42 Å². The van der Waals surface area contributed by atoms with Gasteiger partial charge in [0.1, 0.15) is 0 Å². The SMILES string of the molecule is O=C1C=C2C(=O)NCCC2CN1. The van der Waals surface area contributed by atoms with Crippen LogP contribution in [0.4, 0.5) is 0 Å². The highest BCUT2D eigenvalue weighted by Gasteiger charge is 2.28. The molecule has 2 aliphatic heterocycles. The highest BCUT2D eigenvalue weighted by atomic mass is 16.2. The fourth-order valence-electron chi connectivity index (χ4n) is 1.61. The molecule has 0 radical (unpaired) electrons. The lowest BCUT2D eigenvalue weighted by Crippen LogP contribution is -2.44. The molecule has 1 atom stereocenters. The van der Waals surface area contributed by atoms with E-state index in [0.29, 0.717) is 12.1 Å². The normalized spacial score (nSPS) is 28.3. The summed E-state index contributed by atoms with van der Waals surface area (Å²) in [5.74, 6) is -0.00384. The average Bonchev–Trinajstić information content (AvgIpc) is 2.07. The van der Waals surface area contributed by atoms with E-state index in [2.05, 4.69) is 10.6 Å². The molecule has 4 heteroatoms. The number of nitrogens with one attached hydrogen (secondary N) is 2. The van der Waals surface area contributed by atoms with Gasteiger partial charge in [0.2, 0.25) is 11.8 Å². The molecule has 2 amide bonds. The number of amides is 2. The molecule has 1 unspecified atom stereocenters. The number of fused-ring (bicyclic) bond motifs is 1. The molecule has 64 valence electrons. The zero-order valence-corrected chi connectivity index (χ0v) is 6.59. The average molecular weight is 166 g/mol. The Morgan fingerprint density at radius 2 is 2.17 bits per heavy atom. The first-order chi connectivity index (χ1) is 5.77. The molecule has 1 fully saturated rings. The molecular formula is C8H10N2O2. The molecule has 12 heavy (non-hydrogen) atoms. The third-order valence-electron chi connectivity index (χ3n) is 2.29. The van der Waals surface area contributed by atoms with E-state index in [-0.39, 0.29) is 17.7 Å². The lowest BCUT2D eigenvalue weighted by Gasteiger charge is -2.28. The first-order valence-electron chi connectivity index (χ1n) is 4.05. The maximum absolute atomic E-state index is 11.2. The molecule has 2 N–H and O–H groups in total. The van der Waals surface area contributed by atoms with Gasteiger partial charge in [-0.15, -0.1) is 0 Å². The largest absolute Gasteiger partial charge is 0.352 e. The number of piperidine rings is 1. The van der Waals surface area contributed by atoms with Crippen LogP contribution in [0.25, 0.3) is 0 Å². The first kappa shape index (κ1) is 7.34. The lowest BCUT2D eigenvalue weighted by atomic mass is 9.89. The van der Waals surface area contributed by atoms with Gasteiger partial charge in [-0.25, -0.2) is 0 Å². The summed E-state index contributed by atoms with van der Waals surface area (Å²) in [7, 11) is 0. The van der Waals surface area contributed by atoms with E-state index in [0.717, 1.165) is 13.0 Å².